The summed E-state index contributed by atoms with van der Waals surface area (Å²) in [6, 6.07) is 4.93. The Hall–Kier alpha value is -1.70. The molecule has 1 aromatic rings. The van der Waals surface area contributed by atoms with E-state index in [1.54, 1.807) is 18.2 Å². The number of phenols is 2. The molecular weight excluding hydrogens is 188 g/mol. The molecule has 0 aliphatic carbocycles. The van der Waals surface area contributed by atoms with Crippen LogP contribution in [0.1, 0.15) is 25.3 Å². The van der Waals surface area contributed by atoms with E-state index in [0.717, 1.165) is 12.8 Å². The van der Waals surface area contributed by atoms with Gasteiger partial charge in [0.1, 0.15) is 0 Å². The van der Waals surface area contributed by atoms with Gasteiger partial charge in [-0.15, -0.1) is 0 Å². The molecule has 0 bridgehead atoms. The van der Waals surface area contributed by atoms with E-state index in [0.29, 0.717) is 5.56 Å². The first-order valence-corrected chi connectivity index (χ1v) is 5.08. The fourth-order valence-corrected chi connectivity index (χ4v) is 1.22. The van der Waals surface area contributed by atoms with Crippen molar-refractivity contribution in [3.8, 4) is 11.5 Å². The highest BCUT2D eigenvalue weighted by atomic mass is 16.3. The van der Waals surface area contributed by atoms with E-state index in [4.69, 9.17) is 0 Å². The fourth-order valence-electron chi connectivity index (χ4n) is 1.22. The van der Waals surface area contributed by atoms with E-state index < -0.39 is 0 Å². The zero-order valence-electron chi connectivity index (χ0n) is 8.85. The number of rotatable bonds is 4. The first kappa shape index (κ1) is 11.4. The highest BCUT2D eigenvalue weighted by molar-refractivity contribution is 5.61. The Labute approximate surface area is 90.2 Å². The van der Waals surface area contributed by atoms with Crippen molar-refractivity contribution in [3.63, 3.8) is 0 Å². The number of benzene rings is 1. The van der Waals surface area contributed by atoms with Crippen LogP contribution in [0, 0.1) is 0 Å². The molecule has 2 heteroatoms. The third kappa shape index (κ3) is 3.50. The maximum absolute atomic E-state index is 9.48. The Bertz CT molecular complexity index is 365. The van der Waals surface area contributed by atoms with Crippen LogP contribution in [-0.4, -0.2) is 10.2 Å². The lowest BCUT2D eigenvalue weighted by Gasteiger charge is -2.00. The molecule has 80 valence electrons. The summed E-state index contributed by atoms with van der Waals surface area (Å²) < 4.78 is 0. The minimum atomic E-state index is -0.0822. The van der Waals surface area contributed by atoms with Gasteiger partial charge in [0.05, 0.1) is 0 Å². The van der Waals surface area contributed by atoms with E-state index in [9.17, 15) is 10.2 Å². The van der Waals surface area contributed by atoms with Gasteiger partial charge >= 0.3 is 0 Å². The third-order valence-electron chi connectivity index (χ3n) is 2.02. The van der Waals surface area contributed by atoms with Gasteiger partial charge in [-0.05, 0) is 18.9 Å². The zero-order valence-corrected chi connectivity index (χ0v) is 8.85. The van der Waals surface area contributed by atoms with Crippen molar-refractivity contribution in [1.29, 1.82) is 0 Å². The first-order chi connectivity index (χ1) is 7.25. The Balaban J connectivity index is 2.64. The van der Waals surface area contributed by atoms with Gasteiger partial charge in [-0.2, -0.15) is 0 Å². The normalized spacial score (nSPS) is 11.5. The van der Waals surface area contributed by atoms with Gasteiger partial charge in [0, 0.05) is 5.56 Å². The molecule has 1 rings (SSSR count). The van der Waals surface area contributed by atoms with Crippen molar-refractivity contribution < 1.29 is 10.2 Å². The summed E-state index contributed by atoms with van der Waals surface area (Å²) in [7, 11) is 0. The average Bonchev–Trinajstić information content (AvgIpc) is 2.24. The number of para-hydroxylation sites is 1. The average molecular weight is 204 g/mol. The van der Waals surface area contributed by atoms with Crippen LogP contribution in [0.5, 0.6) is 11.5 Å². The minimum absolute atomic E-state index is 0.0618. The summed E-state index contributed by atoms with van der Waals surface area (Å²) in [5.74, 6) is -0.144. The standard InChI is InChI=1S/C13H16O2/c1-2-3-4-5-6-8-11-9-7-10-12(14)13(11)15/h3-4,6-10,14-15H,2,5H2,1H3. The van der Waals surface area contributed by atoms with Crippen molar-refractivity contribution in [1.82, 2.24) is 0 Å². The summed E-state index contributed by atoms with van der Waals surface area (Å²) in [4.78, 5) is 0. The second kappa shape index (κ2) is 5.91. The second-order valence-electron chi connectivity index (χ2n) is 3.23. The van der Waals surface area contributed by atoms with Crippen LogP contribution in [0.2, 0.25) is 0 Å². The van der Waals surface area contributed by atoms with Crippen LogP contribution in [-0.2, 0) is 0 Å². The number of hydrogen-bond donors (Lipinski definition) is 2. The van der Waals surface area contributed by atoms with Gasteiger partial charge in [-0.25, -0.2) is 0 Å². The van der Waals surface area contributed by atoms with Crippen LogP contribution >= 0.6 is 0 Å². The summed E-state index contributed by atoms with van der Waals surface area (Å²) in [5, 5.41) is 18.7. The molecule has 0 aromatic heterocycles. The molecule has 1 aromatic carbocycles. The minimum Gasteiger partial charge on any atom is -0.504 e. The van der Waals surface area contributed by atoms with Gasteiger partial charge in [0.2, 0.25) is 0 Å². The Kier molecular flexibility index (Phi) is 4.48. The lowest BCUT2D eigenvalue weighted by Crippen LogP contribution is -1.74. The van der Waals surface area contributed by atoms with Crippen molar-refractivity contribution >= 4 is 6.08 Å². The summed E-state index contributed by atoms with van der Waals surface area (Å²) in [6.45, 7) is 2.08. The Morgan fingerprint density at radius 1 is 1.13 bits per heavy atom. The van der Waals surface area contributed by atoms with E-state index in [1.165, 1.54) is 6.07 Å². The Morgan fingerprint density at radius 3 is 2.67 bits per heavy atom. The molecule has 0 atom stereocenters. The molecule has 0 aliphatic rings. The molecule has 2 N–H and O–H groups in total. The van der Waals surface area contributed by atoms with Crippen LogP contribution in [0.25, 0.3) is 6.08 Å². The van der Waals surface area contributed by atoms with E-state index in [-0.39, 0.29) is 11.5 Å². The van der Waals surface area contributed by atoms with Crippen LogP contribution in [0.4, 0.5) is 0 Å². The molecule has 0 fully saturated rings. The maximum Gasteiger partial charge on any atom is 0.164 e. The fraction of sp³-hybridized carbons (Fsp3) is 0.231. The van der Waals surface area contributed by atoms with Crippen LogP contribution < -0.4 is 0 Å². The molecule has 0 amide bonds. The molecule has 0 heterocycles. The van der Waals surface area contributed by atoms with Crippen LogP contribution in [0.3, 0.4) is 0 Å². The molecule has 0 saturated carbocycles. The predicted molar refractivity (Wildman–Crippen MR) is 62.9 cm³/mol. The highest BCUT2D eigenvalue weighted by Gasteiger charge is 2.00. The summed E-state index contributed by atoms with van der Waals surface area (Å²) in [5.41, 5.74) is 0.639. The number of aromatic hydroxyl groups is 2. The van der Waals surface area contributed by atoms with E-state index in [1.807, 2.05) is 6.08 Å². The molecule has 0 aliphatic heterocycles. The summed E-state index contributed by atoms with van der Waals surface area (Å²) in [6.07, 6.45) is 9.77. The predicted octanol–water partition coefficient (Wildman–Crippen LogP) is 3.47. The van der Waals surface area contributed by atoms with Crippen molar-refractivity contribution in [2.45, 2.75) is 19.8 Å². The quantitative estimate of drug-likeness (QED) is 0.582. The molecule has 0 saturated heterocycles. The first-order valence-electron chi connectivity index (χ1n) is 5.08. The van der Waals surface area contributed by atoms with Gasteiger partial charge in [-0.3, -0.25) is 0 Å². The largest absolute Gasteiger partial charge is 0.504 e. The summed E-state index contributed by atoms with van der Waals surface area (Å²) >= 11 is 0. The van der Waals surface area contributed by atoms with E-state index >= 15 is 0 Å². The highest BCUT2D eigenvalue weighted by Crippen LogP contribution is 2.28. The number of phenolic OH excluding ortho intramolecular Hbond substituents is 2. The molecule has 15 heavy (non-hydrogen) atoms. The maximum atomic E-state index is 9.48. The van der Waals surface area contributed by atoms with Gasteiger partial charge in [0.15, 0.2) is 11.5 Å². The zero-order chi connectivity index (χ0) is 11.1. The molecule has 0 radical (unpaired) electrons. The van der Waals surface area contributed by atoms with Crippen LogP contribution in [0.15, 0.2) is 36.4 Å². The van der Waals surface area contributed by atoms with Crippen molar-refractivity contribution in [2.75, 3.05) is 0 Å². The SMILES string of the molecule is CCC=CCC=Cc1cccc(O)c1O. The molecule has 2 nitrogen and oxygen atoms in total. The smallest absolute Gasteiger partial charge is 0.164 e. The second-order valence-corrected chi connectivity index (χ2v) is 3.23. The van der Waals surface area contributed by atoms with Gasteiger partial charge in [-0.1, -0.05) is 43.4 Å². The molecule has 0 spiro atoms. The van der Waals surface area contributed by atoms with Gasteiger partial charge in [0.25, 0.3) is 0 Å². The lowest BCUT2D eigenvalue weighted by atomic mass is 10.1. The topological polar surface area (TPSA) is 40.5 Å². The van der Waals surface area contributed by atoms with E-state index in [2.05, 4.69) is 19.1 Å². The Morgan fingerprint density at radius 2 is 1.93 bits per heavy atom. The number of allylic oxidation sites excluding steroid dienone is 3. The molecule has 0 unspecified atom stereocenters. The van der Waals surface area contributed by atoms with Crippen molar-refractivity contribution in [3.05, 3.63) is 42.0 Å². The number of hydrogen-bond acceptors (Lipinski definition) is 2. The molecular formula is C13H16O2. The van der Waals surface area contributed by atoms with Crippen molar-refractivity contribution in [2.24, 2.45) is 0 Å². The third-order valence-corrected chi connectivity index (χ3v) is 2.02. The monoisotopic (exact) mass is 204 g/mol. The lowest BCUT2D eigenvalue weighted by molar-refractivity contribution is 0.403. The van der Waals surface area contributed by atoms with Gasteiger partial charge < -0.3 is 10.2 Å².